The highest BCUT2D eigenvalue weighted by molar-refractivity contribution is 5.04. The van der Waals surface area contributed by atoms with Crippen LogP contribution >= 0.6 is 0 Å². The lowest BCUT2D eigenvalue weighted by molar-refractivity contribution is -0.0954. The zero-order valence-corrected chi connectivity index (χ0v) is 10.4. The minimum atomic E-state index is -0.0886. The topological polar surface area (TPSA) is 23.5 Å². The van der Waals surface area contributed by atoms with Crippen molar-refractivity contribution in [2.45, 2.75) is 76.0 Å². The Kier molecular flexibility index (Phi) is 2.85. The summed E-state index contributed by atoms with van der Waals surface area (Å²) < 4.78 is 0. The first-order valence-electron chi connectivity index (χ1n) is 6.38. The van der Waals surface area contributed by atoms with E-state index in [0.29, 0.717) is 5.54 Å². The van der Waals surface area contributed by atoms with Gasteiger partial charge in [-0.25, -0.2) is 0 Å². The molecule has 0 radical (unpaired) electrons. The van der Waals surface area contributed by atoms with Crippen molar-refractivity contribution in [2.75, 3.05) is 7.05 Å². The SMILES string of the molecule is CN1C(C)(C)CC(O)CC12CCCCC2. The summed E-state index contributed by atoms with van der Waals surface area (Å²) in [6.45, 7) is 4.54. The molecule has 1 spiro atoms. The van der Waals surface area contributed by atoms with E-state index < -0.39 is 0 Å². The van der Waals surface area contributed by atoms with Crippen LogP contribution < -0.4 is 0 Å². The summed E-state index contributed by atoms with van der Waals surface area (Å²) in [5.74, 6) is 0. The zero-order valence-electron chi connectivity index (χ0n) is 10.4. The van der Waals surface area contributed by atoms with E-state index in [9.17, 15) is 5.11 Å². The number of hydrogen-bond acceptors (Lipinski definition) is 2. The fourth-order valence-electron chi connectivity index (χ4n) is 3.75. The molecule has 0 bridgehead atoms. The van der Waals surface area contributed by atoms with Crippen LogP contribution in [0.5, 0.6) is 0 Å². The van der Waals surface area contributed by atoms with Gasteiger partial charge in [0.05, 0.1) is 6.10 Å². The standard InChI is InChI=1S/C13H25NO/c1-12(2)9-11(15)10-13(14(12)3)7-5-4-6-8-13/h11,15H,4-10H2,1-3H3. The number of rotatable bonds is 0. The summed E-state index contributed by atoms with van der Waals surface area (Å²) in [4.78, 5) is 2.56. The van der Waals surface area contributed by atoms with Crippen LogP contribution in [0.15, 0.2) is 0 Å². The summed E-state index contributed by atoms with van der Waals surface area (Å²) in [6.07, 6.45) is 8.45. The number of likely N-dealkylation sites (tertiary alicyclic amines) is 1. The molecule has 15 heavy (non-hydrogen) atoms. The molecule has 2 aliphatic rings. The van der Waals surface area contributed by atoms with Crippen LogP contribution in [0.25, 0.3) is 0 Å². The molecule has 0 aromatic rings. The van der Waals surface area contributed by atoms with Crippen LogP contribution in [-0.4, -0.2) is 34.2 Å². The van der Waals surface area contributed by atoms with Gasteiger partial charge in [0, 0.05) is 11.1 Å². The van der Waals surface area contributed by atoms with Crippen molar-refractivity contribution in [3.05, 3.63) is 0 Å². The van der Waals surface area contributed by atoms with E-state index in [1.165, 1.54) is 32.1 Å². The molecule has 1 saturated carbocycles. The minimum absolute atomic E-state index is 0.0886. The van der Waals surface area contributed by atoms with E-state index in [0.717, 1.165) is 12.8 Å². The van der Waals surface area contributed by atoms with E-state index >= 15 is 0 Å². The highest BCUT2D eigenvalue weighted by Gasteiger charge is 2.48. The highest BCUT2D eigenvalue weighted by Crippen LogP contribution is 2.45. The lowest BCUT2D eigenvalue weighted by Gasteiger charge is -2.57. The molecule has 1 heterocycles. The molecule has 1 N–H and O–H groups in total. The van der Waals surface area contributed by atoms with Gasteiger partial charge in [0.15, 0.2) is 0 Å². The van der Waals surface area contributed by atoms with Crippen LogP contribution in [0.4, 0.5) is 0 Å². The van der Waals surface area contributed by atoms with E-state index in [-0.39, 0.29) is 11.6 Å². The molecule has 0 aromatic heterocycles. The molecule has 0 aromatic carbocycles. The molecule has 1 atom stereocenters. The Bertz CT molecular complexity index is 231. The fourth-order valence-corrected chi connectivity index (χ4v) is 3.75. The van der Waals surface area contributed by atoms with Gasteiger partial charge in [-0.2, -0.15) is 0 Å². The predicted octanol–water partition coefficient (Wildman–Crippen LogP) is 2.55. The molecule has 2 rings (SSSR count). The minimum Gasteiger partial charge on any atom is -0.393 e. The molecule has 2 nitrogen and oxygen atoms in total. The first kappa shape index (κ1) is 11.4. The zero-order chi connectivity index (χ0) is 11.1. The number of nitrogens with zero attached hydrogens (tertiary/aromatic N) is 1. The van der Waals surface area contributed by atoms with Crippen molar-refractivity contribution in [1.29, 1.82) is 0 Å². The number of aliphatic hydroxyl groups excluding tert-OH is 1. The molecular formula is C13H25NO. The fraction of sp³-hybridized carbons (Fsp3) is 1.00. The maximum absolute atomic E-state index is 10.1. The van der Waals surface area contributed by atoms with Gasteiger partial charge in [-0.1, -0.05) is 19.3 Å². The van der Waals surface area contributed by atoms with Gasteiger partial charge in [-0.15, -0.1) is 0 Å². The number of piperidine rings is 1. The van der Waals surface area contributed by atoms with E-state index in [1.807, 2.05) is 0 Å². The highest BCUT2D eigenvalue weighted by atomic mass is 16.3. The van der Waals surface area contributed by atoms with Crippen molar-refractivity contribution in [3.63, 3.8) is 0 Å². The summed E-state index contributed by atoms with van der Waals surface area (Å²) >= 11 is 0. The molecule has 2 heteroatoms. The van der Waals surface area contributed by atoms with E-state index in [2.05, 4.69) is 25.8 Å². The van der Waals surface area contributed by atoms with Crippen LogP contribution in [-0.2, 0) is 0 Å². The Morgan fingerprint density at radius 3 is 2.27 bits per heavy atom. The summed E-state index contributed by atoms with van der Waals surface area (Å²) in [6, 6.07) is 0. The summed E-state index contributed by atoms with van der Waals surface area (Å²) in [5.41, 5.74) is 0.467. The van der Waals surface area contributed by atoms with E-state index in [4.69, 9.17) is 0 Å². The van der Waals surface area contributed by atoms with Gasteiger partial charge >= 0.3 is 0 Å². The van der Waals surface area contributed by atoms with Gasteiger partial charge in [0.25, 0.3) is 0 Å². The van der Waals surface area contributed by atoms with E-state index in [1.54, 1.807) is 0 Å². The van der Waals surface area contributed by atoms with Gasteiger partial charge in [-0.3, -0.25) is 4.90 Å². The molecule has 1 unspecified atom stereocenters. The van der Waals surface area contributed by atoms with Crippen LogP contribution in [0.2, 0.25) is 0 Å². The summed E-state index contributed by atoms with van der Waals surface area (Å²) in [5, 5.41) is 10.1. The van der Waals surface area contributed by atoms with Crippen LogP contribution in [0.1, 0.15) is 58.8 Å². The smallest absolute Gasteiger partial charge is 0.0575 e. The molecular weight excluding hydrogens is 186 g/mol. The third kappa shape index (κ3) is 1.94. The van der Waals surface area contributed by atoms with Crippen LogP contribution in [0.3, 0.4) is 0 Å². The van der Waals surface area contributed by atoms with Gasteiger partial charge in [-0.05, 0) is 46.6 Å². The monoisotopic (exact) mass is 211 g/mol. The lowest BCUT2D eigenvalue weighted by Crippen LogP contribution is -2.63. The Morgan fingerprint density at radius 1 is 1.07 bits per heavy atom. The van der Waals surface area contributed by atoms with Crippen molar-refractivity contribution in [3.8, 4) is 0 Å². The van der Waals surface area contributed by atoms with Gasteiger partial charge < -0.3 is 5.11 Å². The normalized spacial score (nSPS) is 35.6. The second-order valence-corrected chi connectivity index (χ2v) is 6.22. The second kappa shape index (κ2) is 3.74. The Balaban J connectivity index is 2.21. The van der Waals surface area contributed by atoms with Crippen molar-refractivity contribution < 1.29 is 5.11 Å². The van der Waals surface area contributed by atoms with Gasteiger partial charge in [0.1, 0.15) is 0 Å². The molecule has 1 aliphatic heterocycles. The third-order valence-electron chi connectivity index (χ3n) is 4.75. The van der Waals surface area contributed by atoms with Gasteiger partial charge in [0.2, 0.25) is 0 Å². The Labute approximate surface area is 93.7 Å². The molecule has 0 amide bonds. The Hall–Kier alpha value is -0.0800. The third-order valence-corrected chi connectivity index (χ3v) is 4.75. The largest absolute Gasteiger partial charge is 0.393 e. The average molecular weight is 211 g/mol. The van der Waals surface area contributed by atoms with Crippen molar-refractivity contribution >= 4 is 0 Å². The first-order valence-corrected chi connectivity index (χ1v) is 6.38. The molecule has 88 valence electrons. The maximum atomic E-state index is 10.1. The van der Waals surface area contributed by atoms with Crippen molar-refractivity contribution in [1.82, 2.24) is 4.90 Å². The lowest BCUT2D eigenvalue weighted by atomic mass is 9.69. The Morgan fingerprint density at radius 2 is 1.67 bits per heavy atom. The summed E-state index contributed by atoms with van der Waals surface area (Å²) in [7, 11) is 2.26. The average Bonchev–Trinajstić information content (AvgIpc) is 2.15. The van der Waals surface area contributed by atoms with Crippen molar-refractivity contribution in [2.24, 2.45) is 0 Å². The molecule has 2 fully saturated rings. The second-order valence-electron chi connectivity index (χ2n) is 6.22. The molecule has 1 saturated heterocycles. The first-order chi connectivity index (χ1) is 6.96. The molecule has 1 aliphatic carbocycles. The number of aliphatic hydroxyl groups is 1. The van der Waals surface area contributed by atoms with Crippen LogP contribution in [0, 0.1) is 0 Å². The predicted molar refractivity (Wildman–Crippen MR) is 62.9 cm³/mol. The maximum Gasteiger partial charge on any atom is 0.0575 e. The number of hydrogen-bond donors (Lipinski definition) is 1. The quantitative estimate of drug-likeness (QED) is 0.665.